The van der Waals surface area contributed by atoms with Gasteiger partial charge in [-0.3, -0.25) is 0 Å². The molecule has 0 spiro atoms. The van der Waals surface area contributed by atoms with E-state index < -0.39 is 5.97 Å². The molecule has 0 unspecified atom stereocenters. The van der Waals surface area contributed by atoms with Crippen LogP contribution in [0.4, 0.5) is 11.6 Å². The van der Waals surface area contributed by atoms with Crippen LogP contribution in [0.5, 0.6) is 0 Å². The zero-order valence-electron chi connectivity index (χ0n) is 16.6. The van der Waals surface area contributed by atoms with Gasteiger partial charge in [-0.25, -0.2) is 19.7 Å². The van der Waals surface area contributed by atoms with Crippen molar-refractivity contribution in [3.05, 3.63) is 41.6 Å². The summed E-state index contributed by atoms with van der Waals surface area (Å²) < 4.78 is 5.44. The third-order valence-electron chi connectivity index (χ3n) is 4.90. The average molecular weight is 409 g/mol. The Morgan fingerprint density at radius 2 is 1.97 bits per heavy atom. The second kappa shape index (κ2) is 8.60. The molecule has 3 aromatic rings. The van der Waals surface area contributed by atoms with Crippen LogP contribution in [-0.4, -0.2) is 64.0 Å². The molecule has 1 aromatic carbocycles. The number of pyridine rings is 1. The minimum absolute atomic E-state index is 0.0827. The number of nitrogens with zero attached hydrogens (tertiary/aromatic N) is 4. The van der Waals surface area contributed by atoms with Crippen molar-refractivity contribution in [3.63, 3.8) is 0 Å². The molecule has 3 N–H and O–H groups in total. The first-order valence-electron chi connectivity index (χ1n) is 9.83. The predicted molar refractivity (Wildman–Crippen MR) is 113 cm³/mol. The van der Waals surface area contributed by atoms with Crippen LogP contribution >= 0.6 is 0 Å². The Balaban J connectivity index is 2.00. The molecule has 9 heteroatoms. The molecule has 0 saturated carbocycles. The molecule has 0 bridgehead atoms. The Kier molecular flexibility index (Phi) is 5.73. The van der Waals surface area contributed by atoms with E-state index in [2.05, 4.69) is 10.3 Å². The minimum atomic E-state index is -1.12. The molecule has 1 aliphatic rings. The first-order valence-corrected chi connectivity index (χ1v) is 9.83. The van der Waals surface area contributed by atoms with Crippen molar-refractivity contribution in [1.29, 1.82) is 0 Å². The Hall–Kier alpha value is -3.30. The lowest BCUT2D eigenvalue weighted by Crippen LogP contribution is -2.37. The molecule has 1 fully saturated rings. The number of nitrogens with one attached hydrogen (secondary N) is 1. The third kappa shape index (κ3) is 3.89. The second-order valence-corrected chi connectivity index (χ2v) is 6.92. The number of aromatic carboxylic acids is 1. The van der Waals surface area contributed by atoms with Gasteiger partial charge in [0.15, 0.2) is 5.69 Å². The van der Waals surface area contributed by atoms with Crippen LogP contribution in [0.25, 0.3) is 22.3 Å². The number of aromatic nitrogens is 3. The van der Waals surface area contributed by atoms with E-state index in [0.29, 0.717) is 61.2 Å². The third-order valence-corrected chi connectivity index (χ3v) is 4.90. The summed E-state index contributed by atoms with van der Waals surface area (Å²) in [6.07, 6.45) is 0. The van der Waals surface area contributed by atoms with Gasteiger partial charge in [-0.2, -0.15) is 0 Å². The molecule has 9 nitrogen and oxygen atoms in total. The van der Waals surface area contributed by atoms with Gasteiger partial charge in [0.25, 0.3) is 0 Å². The molecule has 30 heavy (non-hydrogen) atoms. The first kappa shape index (κ1) is 20.0. The molecule has 0 atom stereocenters. The minimum Gasteiger partial charge on any atom is -0.477 e. The monoisotopic (exact) mass is 409 g/mol. The molecule has 1 aliphatic heterocycles. The van der Waals surface area contributed by atoms with Gasteiger partial charge in [-0.1, -0.05) is 18.2 Å². The normalized spacial score (nSPS) is 14.1. The van der Waals surface area contributed by atoms with E-state index >= 15 is 0 Å². The summed E-state index contributed by atoms with van der Waals surface area (Å²) in [6, 6.07) is 8.84. The molecule has 0 radical (unpaired) electrons. The van der Waals surface area contributed by atoms with Crippen LogP contribution in [0.1, 0.15) is 23.0 Å². The van der Waals surface area contributed by atoms with E-state index in [1.54, 1.807) is 0 Å². The van der Waals surface area contributed by atoms with Crippen molar-refractivity contribution < 1.29 is 19.7 Å². The summed E-state index contributed by atoms with van der Waals surface area (Å²) in [7, 11) is 0. The summed E-state index contributed by atoms with van der Waals surface area (Å²) in [4.78, 5) is 27.6. The summed E-state index contributed by atoms with van der Waals surface area (Å²) >= 11 is 0. The molecular formula is C21H23N5O4. The van der Waals surface area contributed by atoms with Crippen molar-refractivity contribution >= 4 is 28.6 Å². The average Bonchev–Trinajstić information content (AvgIpc) is 2.79. The Morgan fingerprint density at radius 3 is 2.67 bits per heavy atom. The molecule has 3 heterocycles. The highest BCUT2D eigenvalue weighted by Gasteiger charge is 2.21. The number of aliphatic hydroxyl groups is 1. The fourth-order valence-corrected chi connectivity index (χ4v) is 3.45. The molecule has 2 aromatic heterocycles. The van der Waals surface area contributed by atoms with E-state index in [0.717, 1.165) is 11.1 Å². The lowest BCUT2D eigenvalue weighted by Gasteiger charge is -2.27. The Labute approximate surface area is 173 Å². The molecule has 156 valence electrons. The van der Waals surface area contributed by atoms with Gasteiger partial charge in [0.1, 0.15) is 16.7 Å². The zero-order chi connectivity index (χ0) is 21.1. The topological polar surface area (TPSA) is 121 Å². The molecular weight excluding hydrogens is 386 g/mol. The van der Waals surface area contributed by atoms with Gasteiger partial charge in [-0.05, 0) is 24.6 Å². The maximum Gasteiger partial charge on any atom is 0.354 e. The highest BCUT2D eigenvalue weighted by molar-refractivity contribution is 6.00. The number of anilines is 2. The number of carbonyl (C=O) groups is 1. The number of carboxylic acids is 1. The van der Waals surface area contributed by atoms with Crippen LogP contribution in [-0.2, 0) is 11.3 Å². The summed E-state index contributed by atoms with van der Waals surface area (Å²) in [5, 5.41) is 22.3. The molecule has 0 aliphatic carbocycles. The number of carboxylic acid groups (broad SMARTS) is 1. The summed E-state index contributed by atoms with van der Waals surface area (Å²) in [5.74, 6) is -0.581. The number of aliphatic hydroxyl groups excluding tert-OH is 1. The van der Waals surface area contributed by atoms with Crippen molar-refractivity contribution in [2.75, 3.05) is 43.1 Å². The van der Waals surface area contributed by atoms with Gasteiger partial charge >= 0.3 is 5.97 Å². The Morgan fingerprint density at radius 1 is 1.17 bits per heavy atom. The molecule has 0 amide bonds. The maximum atomic E-state index is 11.7. The van der Waals surface area contributed by atoms with Gasteiger partial charge in [0.2, 0.25) is 5.95 Å². The van der Waals surface area contributed by atoms with E-state index in [1.807, 2.05) is 36.1 Å². The number of ether oxygens (including phenoxy) is 1. The van der Waals surface area contributed by atoms with E-state index in [-0.39, 0.29) is 12.3 Å². The lowest BCUT2D eigenvalue weighted by atomic mass is 10.1. The van der Waals surface area contributed by atoms with Crippen LogP contribution in [0.3, 0.4) is 0 Å². The van der Waals surface area contributed by atoms with Crippen LogP contribution in [0, 0.1) is 0 Å². The summed E-state index contributed by atoms with van der Waals surface area (Å²) in [5.41, 5.74) is 3.46. The van der Waals surface area contributed by atoms with Crippen molar-refractivity contribution in [1.82, 2.24) is 15.0 Å². The van der Waals surface area contributed by atoms with Crippen molar-refractivity contribution in [3.8, 4) is 11.3 Å². The highest BCUT2D eigenvalue weighted by Crippen LogP contribution is 2.32. The van der Waals surface area contributed by atoms with Crippen molar-refractivity contribution in [2.45, 2.75) is 13.5 Å². The molecule has 4 rings (SSSR count). The van der Waals surface area contributed by atoms with Gasteiger partial charge in [0, 0.05) is 25.2 Å². The first-order chi connectivity index (χ1) is 14.6. The van der Waals surface area contributed by atoms with Gasteiger partial charge < -0.3 is 25.2 Å². The standard InChI is InChI=1S/C21H23N5O4/c1-2-22-15-11-16(20(28)29)23-19-17(14-5-3-4-13(10-14)12-27)24-21(25-18(15)19)26-6-8-30-9-7-26/h3-5,10-11,27H,2,6-9,12H2,1H3,(H,22,23)(H,28,29). The number of hydrogen-bond acceptors (Lipinski definition) is 8. The summed E-state index contributed by atoms with van der Waals surface area (Å²) in [6.45, 7) is 4.94. The second-order valence-electron chi connectivity index (χ2n) is 6.92. The van der Waals surface area contributed by atoms with E-state index in [1.165, 1.54) is 6.07 Å². The van der Waals surface area contributed by atoms with Crippen molar-refractivity contribution in [2.24, 2.45) is 0 Å². The van der Waals surface area contributed by atoms with Crippen LogP contribution in [0.15, 0.2) is 30.3 Å². The quantitative estimate of drug-likeness (QED) is 0.562. The Bertz CT molecular complexity index is 1080. The number of hydrogen-bond donors (Lipinski definition) is 3. The number of morpholine rings is 1. The highest BCUT2D eigenvalue weighted by atomic mass is 16.5. The van der Waals surface area contributed by atoms with E-state index in [4.69, 9.17) is 14.7 Å². The van der Waals surface area contributed by atoms with Crippen LogP contribution < -0.4 is 10.2 Å². The van der Waals surface area contributed by atoms with Crippen LogP contribution in [0.2, 0.25) is 0 Å². The fourth-order valence-electron chi connectivity index (χ4n) is 3.45. The fraction of sp³-hybridized carbons (Fsp3) is 0.333. The maximum absolute atomic E-state index is 11.7. The molecule has 1 saturated heterocycles. The predicted octanol–water partition coefficient (Wildman–Crippen LogP) is 2.15. The SMILES string of the molecule is CCNc1cc(C(=O)O)nc2c(-c3cccc(CO)c3)nc(N3CCOCC3)nc12. The van der Waals surface area contributed by atoms with E-state index in [9.17, 15) is 15.0 Å². The lowest BCUT2D eigenvalue weighted by molar-refractivity contribution is 0.0691. The smallest absolute Gasteiger partial charge is 0.354 e. The van der Waals surface area contributed by atoms with Gasteiger partial charge in [0.05, 0.1) is 25.5 Å². The zero-order valence-corrected chi connectivity index (χ0v) is 16.6. The number of rotatable bonds is 6. The number of benzene rings is 1. The largest absolute Gasteiger partial charge is 0.477 e. The number of fused-ring (bicyclic) bond motifs is 1. The van der Waals surface area contributed by atoms with Gasteiger partial charge in [-0.15, -0.1) is 0 Å².